The van der Waals surface area contributed by atoms with Crippen LogP contribution in [-0.4, -0.2) is 14.8 Å². The fourth-order valence-corrected chi connectivity index (χ4v) is 2.27. The molecule has 2 rings (SSSR count). The molecule has 0 aliphatic carbocycles. The maximum atomic E-state index is 6.11. The summed E-state index contributed by atoms with van der Waals surface area (Å²) in [4.78, 5) is 4.00. The van der Waals surface area contributed by atoms with Gasteiger partial charge in [0.2, 0.25) is 0 Å². The summed E-state index contributed by atoms with van der Waals surface area (Å²) in [6.45, 7) is 0. The van der Waals surface area contributed by atoms with Crippen LogP contribution in [0.2, 0.25) is 5.02 Å². The first-order valence-electron chi connectivity index (χ1n) is 5.74. The van der Waals surface area contributed by atoms with E-state index in [-0.39, 0.29) is 6.04 Å². The van der Waals surface area contributed by atoms with Gasteiger partial charge in [0, 0.05) is 19.4 Å². The first-order chi connectivity index (χ1) is 8.72. The molecule has 0 bridgehead atoms. The number of pyridine rings is 1. The van der Waals surface area contributed by atoms with Gasteiger partial charge in [0.1, 0.15) is 0 Å². The van der Waals surface area contributed by atoms with Gasteiger partial charge in [0.05, 0.1) is 23.0 Å². The van der Waals surface area contributed by atoms with Gasteiger partial charge < -0.3 is 0 Å². The predicted octanol–water partition coefficient (Wildman–Crippen LogP) is 1.61. The Morgan fingerprint density at radius 2 is 2.17 bits per heavy atom. The Morgan fingerprint density at radius 3 is 2.72 bits per heavy atom. The van der Waals surface area contributed by atoms with Crippen molar-refractivity contribution in [2.75, 3.05) is 0 Å². The molecule has 0 aliphatic rings. The summed E-state index contributed by atoms with van der Waals surface area (Å²) in [5.74, 6) is 5.60. The van der Waals surface area contributed by atoms with E-state index >= 15 is 0 Å². The van der Waals surface area contributed by atoms with Gasteiger partial charge in [-0.3, -0.25) is 20.9 Å². The molecule has 0 amide bonds. The average molecular weight is 266 g/mol. The Labute approximate surface area is 111 Å². The maximum absolute atomic E-state index is 6.11. The van der Waals surface area contributed by atoms with Crippen LogP contribution in [0.5, 0.6) is 0 Å². The normalized spacial score (nSPS) is 12.6. The molecular formula is C12H16ClN5. The Bertz CT molecular complexity index is 477. The topological polar surface area (TPSA) is 68.8 Å². The van der Waals surface area contributed by atoms with Crippen LogP contribution < -0.4 is 11.3 Å². The fraction of sp³-hybridized carbons (Fsp3) is 0.333. The van der Waals surface area contributed by atoms with Crippen LogP contribution in [0.15, 0.2) is 30.7 Å². The summed E-state index contributed by atoms with van der Waals surface area (Å²) < 4.78 is 1.75. The number of aromatic nitrogens is 3. The van der Waals surface area contributed by atoms with E-state index in [4.69, 9.17) is 17.4 Å². The molecule has 0 aliphatic heterocycles. The summed E-state index contributed by atoms with van der Waals surface area (Å²) >= 11 is 6.11. The molecule has 18 heavy (non-hydrogen) atoms. The van der Waals surface area contributed by atoms with Gasteiger partial charge in [0.15, 0.2) is 0 Å². The molecule has 1 atom stereocenters. The van der Waals surface area contributed by atoms with Gasteiger partial charge in [0.25, 0.3) is 0 Å². The molecular weight excluding hydrogens is 250 g/mol. The van der Waals surface area contributed by atoms with Gasteiger partial charge in [-0.2, -0.15) is 5.10 Å². The summed E-state index contributed by atoms with van der Waals surface area (Å²) in [6.07, 6.45) is 6.96. The van der Waals surface area contributed by atoms with Crippen LogP contribution in [0.3, 0.4) is 0 Å². The molecule has 5 nitrogen and oxygen atoms in total. The fourth-order valence-electron chi connectivity index (χ4n) is 1.97. The van der Waals surface area contributed by atoms with E-state index in [0.29, 0.717) is 5.02 Å². The van der Waals surface area contributed by atoms with Crippen molar-refractivity contribution in [1.29, 1.82) is 0 Å². The van der Waals surface area contributed by atoms with Gasteiger partial charge in [-0.1, -0.05) is 11.6 Å². The van der Waals surface area contributed by atoms with Crippen molar-refractivity contribution in [3.63, 3.8) is 0 Å². The number of hydrazine groups is 1. The van der Waals surface area contributed by atoms with Crippen molar-refractivity contribution in [2.24, 2.45) is 12.9 Å². The lowest BCUT2D eigenvalue weighted by Crippen LogP contribution is -2.30. The Morgan fingerprint density at radius 1 is 1.44 bits per heavy atom. The zero-order chi connectivity index (χ0) is 13.0. The van der Waals surface area contributed by atoms with Crippen LogP contribution >= 0.6 is 11.6 Å². The number of nitrogens with one attached hydrogen (secondary N) is 1. The highest BCUT2D eigenvalue weighted by Crippen LogP contribution is 2.25. The standard InChI is InChI=1S/C12H16ClN5/c1-18-12(10(13)8-16-18)11(17-14)3-2-9-4-6-15-7-5-9/h4-8,11,17H,2-3,14H2,1H3. The van der Waals surface area contributed by atoms with E-state index in [1.54, 1.807) is 23.3 Å². The number of halogens is 1. The Hall–Kier alpha value is -1.43. The third-order valence-electron chi connectivity index (χ3n) is 2.94. The molecule has 0 saturated heterocycles. The molecule has 6 heteroatoms. The number of nitrogens with two attached hydrogens (primary N) is 1. The molecule has 0 fully saturated rings. The number of rotatable bonds is 5. The van der Waals surface area contributed by atoms with E-state index in [2.05, 4.69) is 15.5 Å². The maximum Gasteiger partial charge on any atom is 0.0834 e. The largest absolute Gasteiger partial charge is 0.271 e. The first kappa shape index (κ1) is 13.0. The van der Waals surface area contributed by atoms with Crippen LogP contribution in [0, 0.1) is 0 Å². The number of hydrogen-bond acceptors (Lipinski definition) is 4. The zero-order valence-electron chi connectivity index (χ0n) is 10.2. The zero-order valence-corrected chi connectivity index (χ0v) is 10.9. The average Bonchev–Trinajstić information content (AvgIpc) is 2.73. The molecule has 1 unspecified atom stereocenters. The molecule has 0 radical (unpaired) electrons. The van der Waals surface area contributed by atoms with E-state index < -0.39 is 0 Å². The monoisotopic (exact) mass is 265 g/mol. The minimum absolute atomic E-state index is 0.0156. The van der Waals surface area contributed by atoms with Crippen molar-refractivity contribution in [1.82, 2.24) is 20.2 Å². The van der Waals surface area contributed by atoms with Crippen molar-refractivity contribution in [3.05, 3.63) is 47.0 Å². The predicted molar refractivity (Wildman–Crippen MR) is 70.8 cm³/mol. The molecule has 96 valence electrons. The van der Waals surface area contributed by atoms with Gasteiger partial charge in [-0.25, -0.2) is 0 Å². The molecule has 2 aromatic heterocycles. The summed E-state index contributed by atoms with van der Waals surface area (Å²) in [6, 6.07) is 3.98. The smallest absolute Gasteiger partial charge is 0.0834 e. The molecule has 2 heterocycles. The van der Waals surface area contributed by atoms with Gasteiger partial charge >= 0.3 is 0 Å². The SMILES string of the molecule is Cn1ncc(Cl)c1C(CCc1ccncc1)NN. The third kappa shape index (κ3) is 2.87. The highest BCUT2D eigenvalue weighted by Gasteiger charge is 2.17. The molecule has 0 spiro atoms. The second-order valence-corrected chi connectivity index (χ2v) is 4.52. The van der Waals surface area contributed by atoms with E-state index in [1.165, 1.54) is 5.56 Å². The summed E-state index contributed by atoms with van der Waals surface area (Å²) in [5.41, 5.74) is 4.93. The summed E-state index contributed by atoms with van der Waals surface area (Å²) in [5, 5.41) is 4.75. The molecule has 0 aromatic carbocycles. The number of nitrogens with zero attached hydrogens (tertiary/aromatic N) is 3. The minimum Gasteiger partial charge on any atom is -0.271 e. The molecule has 3 N–H and O–H groups in total. The number of aryl methyl sites for hydroxylation is 2. The lowest BCUT2D eigenvalue weighted by molar-refractivity contribution is 0.480. The van der Waals surface area contributed by atoms with Crippen molar-refractivity contribution in [2.45, 2.75) is 18.9 Å². The van der Waals surface area contributed by atoms with Gasteiger partial charge in [-0.05, 0) is 30.5 Å². The Balaban J connectivity index is 2.07. The second-order valence-electron chi connectivity index (χ2n) is 4.11. The molecule has 2 aromatic rings. The first-order valence-corrected chi connectivity index (χ1v) is 6.12. The summed E-state index contributed by atoms with van der Waals surface area (Å²) in [7, 11) is 1.86. The lowest BCUT2D eigenvalue weighted by Gasteiger charge is -2.16. The van der Waals surface area contributed by atoms with Crippen molar-refractivity contribution >= 4 is 11.6 Å². The highest BCUT2D eigenvalue weighted by molar-refractivity contribution is 6.31. The van der Waals surface area contributed by atoms with E-state index in [9.17, 15) is 0 Å². The van der Waals surface area contributed by atoms with Crippen LogP contribution in [0.25, 0.3) is 0 Å². The van der Waals surface area contributed by atoms with E-state index in [0.717, 1.165) is 18.5 Å². The third-order valence-corrected chi connectivity index (χ3v) is 3.23. The quantitative estimate of drug-likeness (QED) is 0.637. The highest BCUT2D eigenvalue weighted by atomic mass is 35.5. The van der Waals surface area contributed by atoms with Gasteiger partial charge in [-0.15, -0.1) is 0 Å². The van der Waals surface area contributed by atoms with Crippen LogP contribution in [0.4, 0.5) is 0 Å². The van der Waals surface area contributed by atoms with Crippen LogP contribution in [-0.2, 0) is 13.5 Å². The van der Waals surface area contributed by atoms with E-state index in [1.807, 2.05) is 19.2 Å². The van der Waals surface area contributed by atoms with Crippen molar-refractivity contribution < 1.29 is 0 Å². The molecule has 0 saturated carbocycles. The van der Waals surface area contributed by atoms with Crippen molar-refractivity contribution in [3.8, 4) is 0 Å². The van der Waals surface area contributed by atoms with Crippen LogP contribution in [0.1, 0.15) is 23.7 Å². The second kappa shape index (κ2) is 5.95. The minimum atomic E-state index is -0.0156. The Kier molecular flexibility index (Phi) is 4.30. The lowest BCUT2D eigenvalue weighted by atomic mass is 10.0. The number of hydrogen-bond donors (Lipinski definition) is 2.